The van der Waals surface area contributed by atoms with Crippen LogP contribution in [0.2, 0.25) is 0 Å². The zero-order valence-electron chi connectivity index (χ0n) is 13.9. The van der Waals surface area contributed by atoms with Gasteiger partial charge in [-0.25, -0.2) is 0 Å². The Morgan fingerprint density at radius 1 is 1.33 bits per heavy atom. The first-order valence-corrected chi connectivity index (χ1v) is 8.66. The van der Waals surface area contributed by atoms with Crippen molar-refractivity contribution in [1.82, 2.24) is 20.0 Å². The van der Waals surface area contributed by atoms with Gasteiger partial charge in [0.05, 0.1) is 11.4 Å². The highest BCUT2D eigenvalue weighted by Crippen LogP contribution is 2.34. The molecule has 2 aliphatic rings. The van der Waals surface area contributed by atoms with Gasteiger partial charge in [-0.1, -0.05) is 26.7 Å². The van der Waals surface area contributed by atoms with Gasteiger partial charge in [0.15, 0.2) is 0 Å². The van der Waals surface area contributed by atoms with E-state index in [-0.39, 0.29) is 0 Å². The maximum absolute atomic E-state index is 4.61. The van der Waals surface area contributed by atoms with Gasteiger partial charge in [0.1, 0.15) is 0 Å². The van der Waals surface area contributed by atoms with Crippen molar-refractivity contribution in [3.63, 3.8) is 0 Å². The molecule has 0 amide bonds. The Morgan fingerprint density at radius 2 is 2.10 bits per heavy atom. The van der Waals surface area contributed by atoms with Crippen LogP contribution in [-0.2, 0) is 20.0 Å². The van der Waals surface area contributed by atoms with Crippen LogP contribution in [0.15, 0.2) is 6.07 Å². The first kappa shape index (κ1) is 15.0. The van der Waals surface area contributed by atoms with Crippen molar-refractivity contribution in [2.75, 3.05) is 13.1 Å². The predicted molar refractivity (Wildman–Crippen MR) is 86.3 cm³/mol. The Morgan fingerprint density at radius 3 is 2.71 bits per heavy atom. The molecule has 118 valence electrons. The molecule has 0 bridgehead atoms. The average Bonchev–Trinajstić information content (AvgIpc) is 3.07. The van der Waals surface area contributed by atoms with Crippen LogP contribution in [-0.4, -0.2) is 39.4 Å². The molecule has 1 saturated carbocycles. The smallest absolute Gasteiger partial charge is 0.0625 e. The van der Waals surface area contributed by atoms with Crippen molar-refractivity contribution in [2.24, 2.45) is 7.05 Å². The van der Waals surface area contributed by atoms with E-state index < -0.39 is 0 Å². The van der Waals surface area contributed by atoms with Gasteiger partial charge in [-0.3, -0.25) is 9.58 Å². The molecule has 0 radical (unpaired) electrons. The van der Waals surface area contributed by atoms with Gasteiger partial charge in [-0.15, -0.1) is 0 Å². The summed E-state index contributed by atoms with van der Waals surface area (Å²) in [6, 6.07) is 2.95. The highest BCUT2D eigenvalue weighted by molar-refractivity contribution is 5.11. The minimum absolute atomic E-state index is 0.401. The molecular weight excluding hydrogens is 260 g/mol. The Bertz CT molecular complexity index is 473. The Hall–Kier alpha value is -0.870. The first-order chi connectivity index (χ1) is 10.2. The molecule has 2 fully saturated rings. The summed E-state index contributed by atoms with van der Waals surface area (Å²) in [5.41, 5.74) is 2.98. The summed E-state index contributed by atoms with van der Waals surface area (Å²) >= 11 is 0. The molecule has 4 nitrogen and oxygen atoms in total. The number of piperazine rings is 1. The lowest BCUT2D eigenvalue weighted by Gasteiger charge is -2.46. The third-order valence-corrected chi connectivity index (χ3v) is 5.52. The Balaban J connectivity index is 1.75. The van der Waals surface area contributed by atoms with Gasteiger partial charge in [0.2, 0.25) is 0 Å². The molecule has 1 saturated heterocycles. The van der Waals surface area contributed by atoms with Crippen LogP contribution in [0.5, 0.6) is 0 Å². The molecule has 1 aromatic rings. The monoisotopic (exact) mass is 290 g/mol. The summed E-state index contributed by atoms with van der Waals surface area (Å²) in [4.78, 5) is 2.71. The standard InChI is InChI=1S/C17H30N4/c1-4-14-10-16(20(3)19-14)12-21-13-17(8-6-7-9-17)18-11-15(21)5-2/h10,15,18H,4-9,11-13H2,1-3H3. The Kier molecular flexibility index (Phi) is 4.36. The fourth-order valence-electron chi connectivity index (χ4n) is 4.11. The third-order valence-electron chi connectivity index (χ3n) is 5.52. The molecule has 3 rings (SSSR count). The van der Waals surface area contributed by atoms with E-state index in [1.165, 1.54) is 50.0 Å². The van der Waals surface area contributed by atoms with Crippen LogP contribution >= 0.6 is 0 Å². The lowest BCUT2D eigenvalue weighted by atomic mass is 9.91. The van der Waals surface area contributed by atoms with Gasteiger partial charge in [-0.2, -0.15) is 5.10 Å². The number of rotatable bonds is 4. The minimum Gasteiger partial charge on any atom is -0.308 e. The van der Waals surface area contributed by atoms with E-state index in [4.69, 9.17) is 0 Å². The number of hydrogen-bond acceptors (Lipinski definition) is 3. The number of aryl methyl sites for hydroxylation is 2. The maximum Gasteiger partial charge on any atom is 0.0625 e. The summed E-state index contributed by atoms with van der Waals surface area (Å²) in [6.45, 7) is 7.89. The lowest BCUT2D eigenvalue weighted by Crippen LogP contribution is -2.62. The second kappa shape index (κ2) is 6.09. The molecule has 2 heterocycles. The van der Waals surface area contributed by atoms with E-state index >= 15 is 0 Å². The van der Waals surface area contributed by atoms with Crippen molar-refractivity contribution < 1.29 is 0 Å². The van der Waals surface area contributed by atoms with Crippen LogP contribution in [0.4, 0.5) is 0 Å². The number of hydrogen-bond donors (Lipinski definition) is 1. The molecule has 1 aliphatic heterocycles. The SMILES string of the molecule is CCc1cc(CN2CC3(CCCC3)NCC2CC)n(C)n1. The van der Waals surface area contributed by atoms with Crippen LogP contribution in [0, 0.1) is 0 Å². The van der Waals surface area contributed by atoms with Gasteiger partial charge in [-0.05, 0) is 31.7 Å². The number of nitrogens with one attached hydrogen (secondary N) is 1. The van der Waals surface area contributed by atoms with Crippen molar-refractivity contribution in [3.8, 4) is 0 Å². The molecular formula is C17H30N4. The fraction of sp³-hybridized carbons (Fsp3) is 0.824. The zero-order chi connectivity index (χ0) is 14.9. The topological polar surface area (TPSA) is 33.1 Å². The summed E-state index contributed by atoms with van der Waals surface area (Å²) in [5, 5.41) is 8.49. The molecule has 1 N–H and O–H groups in total. The first-order valence-electron chi connectivity index (χ1n) is 8.66. The van der Waals surface area contributed by atoms with Gasteiger partial charge < -0.3 is 5.32 Å². The zero-order valence-corrected chi connectivity index (χ0v) is 13.9. The second-order valence-corrected chi connectivity index (χ2v) is 6.94. The quantitative estimate of drug-likeness (QED) is 0.925. The van der Waals surface area contributed by atoms with Crippen molar-refractivity contribution in [1.29, 1.82) is 0 Å². The maximum atomic E-state index is 4.61. The summed E-state index contributed by atoms with van der Waals surface area (Å²) < 4.78 is 2.08. The summed E-state index contributed by atoms with van der Waals surface area (Å²) in [5.74, 6) is 0. The van der Waals surface area contributed by atoms with Gasteiger partial charge in [0.25, 0.3) is 0 Å². The normalized spacial score (nSPS) is 25.8. The average molecular weight is 290 g/mol. The largest absolute Gasteiger partial charge is 0.308 e. The van der Waals surface area contributed by atoms with E-state index in [2.05, 4.69) is 47.0 Å². The fourth-order valence-corrected chi connectivity index (χ4v) is 4.11. The predicted octanol–water partition coefficient (Wildman–Crippen LogP) is 2.48. The molecule has 1 aromatic heterocycles. The highest BCUT2D eigenvalue weighted by Gasteiger charge is 2.40. The van der Waals surface area contributed by atoms with E-state index in [1.54, 1.807) is 0 Å². The third kappa shape index (κ3) is 3.02. The van der Waals surface area contributed by atoms with E-state index in [0.717, 1.165) is 19.5 Å². The Labute approximate surface area is 128 Å². The molecule has 4 heteroatoms. The lowest BCUT2D eigenvalue weighted by molar-refractivity contribution is 0.0697. The number of aromatic nitrogens is 2. The molecule has 1 atom stereocenters. The van der Waals surface area contributed by atoms with Gasteiger partial charge >= 0.3 is 0 Å². The van der Waals surface area contributed by atoms with E-state index in [9.17, 15) is 0 Å². The van der Waals surface area contributed by atoms with Crippen molar-refractivity contribution in [3.05, 3.63) is 17.5 Å². The molecule has 21 heavy (non-hydrogen) atoms. The van der Waals surface area contributed by atoms with Crippen LogP contribution < -0.4 is 5.32 Å². The second-order valence-electron chi connectivity index (χ2n) is 6.94. The molecule has 1 spiro atoms. The molecule has 1 aliphatic carbocycles. The van der Waals surface area contributed by atoms with Crippen LogP contribution in [0.25, 0.3) is 0 Å². The summed E-state index contributed by atoms with van der Waals surface area (Å²) in [6.07, 6.45) is 7.74. The van der Waals surface area contributed by atoms with Crippen LogP contribution in [0.3, 0.4) is 0 Å². The minimum atomic E-state index is 0.401. The molecule has 0 aromatic carbocycles. The van der Waals surface area contributed by atoms with Gasteiger partial charge in [0, 0.05) is 38.3 Å². The van der Waals surface area contributed by atoms with E-state index in [1.807, 2.05) is 0 Å². The van der Waals surface area contributed by atoms with Crippen LogP contribution in [0.1, 0.15) is 57.3 Å². The summed E-state index contributed by atoms with van der Waals surface area (Å²) in [7, 11) is 2.09. The molecule has 1 unspecified atom stereocenters. The van der Waals surface area contributed by atoms with Crippen molar-refractivity contribution >= 4 is 0 Å². The van der Waals surface area contributed by atoms with E-state index in [0.29, 0.717) is 11.6 Å². The van der Waals surface area contributed by atoms with Crippen molar-refractivity contribution in [2.45, 2.75) is 70.5 Å². The number of nitrogens with zero attached hydrogens (tertiary/aromatic N) is 3. The highest BCUT2D eigenvalue weighted by atomic mass is 15.3.